The van der Waals surface area contributed by atoms with Crippen LogP contribution in [0.1, 0.15) is 24.1 Å². The topological polar surface area (TPSA) is 80.9 Å². The molecule has 0 bridgehead atoms. The number of nitrogens with zero attached hydrogens (tertiary/aromatic N) is 3. The van der Waals surface area contributed by atoms with Crippen LogP contribution in [0.3, 0.4) is 0 Å². The van der Waals surface area contributed by atoms with Gasteiger partial charge in [-0.15, -0.1) is 0 Å². The number of piperazine rings is 1. The van der Waals surface area contributed by atoms with Crippen LogP contribution in [0.5, 0.6) is 0 Å². The van der Waals surface area contributed by atoms with E-state index in [1.54, 1.807) is 0 Å². The van der Waals surface area contributed by atoms with Gasteiger partial charge in [0.15, 0.2) is 0 Å². The number of H-pyrrole nitrogens is 1. The van der Waals surface area contributed by atoms with Gasteiger partial charge in [0.05, 0.1) is 11.9 Å². The van der Waals surface area contributed by atoms with Gasteiger partial charge in [-0.05, 0) is 32.3 Å². The van der Waals surface area contributed by atoms with E-state index in [2.05, 4.69) is 42.7 Å². The lowest BCUT2D eigenvalue weighted by atomic mass is 10.0. The van der Waals surface area contributed by atoms with E-state index in [1.807, 2.05) is 13.1 Å². The summed E-state index contributed by atoms with van der Waals surface area (Å²) in [5, 5.41) is 11.6. The van der Waals surface area contributed by atoms with Crippen molar-refractivity contribution in [2.75, 3.05) is 38.0 Å². The number of hydrogen-bond acceptors (Lipinski definition) is 6. The highest BCUT2D eigenvalue weighted by Crippen LogP contribution is 2.21. The summed E-state index contributed by atoms with van der Waals surface area (Å²) in [5.74, 6) is 0.708. The van der Waals surface area contributed by atoms with Crippen LogP contribution in [-0.4, -0.2) is 64.8 Å². The van der Waals surface area contributed by atoms with E-state index in [0.29, 0.717) is 12.0 Å². The maximum absolute atomic E-state index is 4.64. The van der Waals surface area contributed by atoms with Crippen LogP contribution in [0.4, 0.5) is 5.95 Å². The Labute approximate surface area is 142 Å². The Morgan fingerprint density at radius 1 is 1.17 bits per heavy atom. The summed E-state index contributed by atoms with van der Waals surface area (Å²) in [6, 6.07) is 0.654. The summed E-state index contributed by atoms with van der Waals surface area (Å²) in [6.45, 7) is 9.71. The Bertz CT molecular complexity index is 696. The predicted molar refractivity (Wildman–Crippen MR) is 96.2 cm³/mol. The molecule has 0 aromatic carbocycles. The van der Waals surface area contributed by atoms with Gasteiger partial charge in [0.25, 0.3) is 0 Å². The maximum atomic E-state index is 4.64. The first-order valence-corrected chi connectivity index (χ1v) is 8.98. The number of fused-ring (bicyclic) bond motifs is 1. The van der Waals surface area contributed by atoms with Gasteiger partial charge in [0, 0.05) is 50.3 Å². The Kier molecular flexibility index (Phi) is 4.39. The molecule has 4 heterocycles. The van der Waals surface area contributed by atoms with Crippen molar-refractivity contribution >= 4 is 17.0 Å². The molecule has 2 atom stereocenters. The fraction of sp³-hybridized carbons (Fsp3) is 0.647. The van der Waals surface area contributed by atoms with Crippen molar-refractivity contribution in [1.29, 1.82) is 0 Å². The van der Waals surface area contributed by atoms with Crippen LogP contribution < -0.4 is 16.0 Å². The Balaban J connectivity index is 1.38. The molecule has 2 aliphatic heterocycles. The van der Waals surface area contributed by atoms with Gasteiger partial charge in [-0.25, -0.2) is 4.98 Å². The highest BCUT2D eigenvalue weighted by Gasteiger charge is 2.26. The lowest BCUT2D eigenvalue weighted by molar-refractivity contribution is 0.139. The van der Waals surface area contributed by atoms with Crippen molar-refractivity contribution in [3.63, 3.8) is 0 Å². The van der Waals surface area contributed by atoms with Gasteiger partial charge in [0.2, 0.25) is 5.95 Å². The van der Waals surface area contributed by atoms with Crippen molar-refractivity contribution in [1.82, 2.24) is 30.5 Å². The fourth-order valence-corrected chi connectivity index (χ4v) is 3.94. The minimum Gasteiger partial charge on any atom is -0.346 e. The SMILES string of the molecule is Cc1c[nH]c2nc(NC3CCC(N4CCNCC4)CN3)nc(C)c12. The first-order chi connectivity index (χ1) is 11.7. The van der Waals surface area contributed by atoms with E-state index < -0.39 is 0 Å². The summed E-state index contributed by atoms with van der Waals surface area (Å²) in [7, 11) is 0. The van der Waals surface area contributed by atoms with E-state index in [9.17, 15) is 0 Å². The second kappa shape index (κ2) is 6.66. The second-order valence-electron chi connectivity index (χ2n) is 6.95. The van der Waals surface area contributed by atoms with Crippen LogP contribution in [0.25, 0.3) is 11.0 Å². The first kappa shape index (κ1) is 15.8. The number of aromatic nitrogens is 3. The third-order valence-corrected chi connectivity index (χ3v) is 5.27. The highest BCUT2D eigenvalue weighted by molar-refractivity contribution is 5.82. The van der Waals surface area contributed by atoms with E-state index >= 15 is 0 Å². The van der Waals surface area contributed by atoms with E-state index in [0.717, 1.165) is 55.9 Å². The zero-order chi connectivity index (χ0) is 16.5. The molecule has 2 aromatic rings. The zero-order valence-electron chi connectivity index (χ0n) is 14.5. The normalized spacial score (nSPS) is 25.9. The Hall–Kier alpha value is -1.70. The average Bonchev–Trinajstić information content (AvgIpc) is 2.98. The molecule has 4 N–H and O–H groups in total. The van der Waals surface area contributed by atoms with E-state index in [1.165, 1.54) is 12.0 Å². The van der Waals surface area contributed by atoms with E-state index in [-0.39, 0.29) is 6.17 Å². The number of aryl methyl sites for hydroxylation is 2. The molecular weight excluding hydrogens is 302 g/mol. The lowest BCUT2D eigenvalue weighted by Gasteiger charge is -2.39. The number of hydrogen-bond donors (Lipinski definition) is 4. The van der Waals surface area contributed by atoms with Gasteiger partial charge < -0.3 is 15.6 Å². The molecule has 0 saturated carbocycles. The van der Waals surface area contributed by atoms with Gasteiger partial charge >= 0.3 is 0 Å². The lowest BCUT2D eigenvalue weighted by Crippen LogP contribution is -2.56. The monoisotopic (exact) mass is 329 g/mol. The quantitative estimate of drug-likeness (QED) is 0.672. The summed E-state index contributed by atoms with van der Waals surface area (Å²) >= 11 is 0. The molecule has 2 unspecified atom stereocenters. The number of aromatic amines is 1. The van der Waals surface area contributed by atoms with Crippen molar-refractivity contribution in [3.05, 3.63) is 17.5 Å². The van der Waals surface area contributed by atoms with Gasteiger partial charge in [0.1, 0.15) is 5.65 Å². The number of anilines is 1. The summed E-state index contributed by atoms with van der Waals surface area (Å²) in [4.78, 5) is 15.1. The smallest absolute Gasteiger partial charge is 0.226 e. The third-order valence-electron chi connectivity index (χ3n) is 5.27. The molecule has 0 radical (unpaired) electrons. The highest BCUT2D eigenvalue weighted by atomic mass is 15.3. The molecule has 0 aliphatic carbocycles. The van der Waals surface area contributed by atoms with Crippen molar-refractivity contribution in [2.24, 2.45) is 0 Å². The number of rotatable bonds is 3. The maximum Gasteiger partial charge on any atom is 0.226 e. The van der Waals surface area contributed by atoms with E-state index in [4.69, 9.17) is 0 Å². The Morgan fingerprint density at radius 3 is 2.75 bits per heavy atom. The van der Waals surface area contributed by atoms with Gasteiger partial charge in [-0.3, -0.25) is 10.2 Å². The molecule has 130 valence electrons. The summed E-state index contributed by atoms with van der Waals surface area (Å²) in [5.41, 5.74) is 3.14. The molecule has 2 fully saturated rings. The number of nitrogens with one attached hydrogen (secondary N) is 4. The Morgan fingerprint density at radius 2 is 2.00 bits per heavy atom. The minimum atomic E-state index is 0.247. The predicted octanol–water partition coefficient (Wildman–Crippen LogP) is 0.970. The molecular formula is C17H27N7. The molecule has 24 heavy (non-hydrogen) atoms. The minimum absolute atomic E-state index is 0.247. The second-order valence-corrected chi connectivity index (χ2v) is 6.95. The van der Waals surface area contributed by atoms with Crippen molar-refractivity contribution in [2.45, 2.75) is 38.9 Å². The van der Waals surface area contributed by atoms with Crippen molar-refractivity contribution < 1.29 is 0 Å². The summed E-state index contributed by atoms with van der Waals surface area (Å²) in [6.07, 6.45) is 4.55. The van der Waals surface area contributed by atoms with Crippen LogP contribution in [0, 0.1) is 13.8 Å². The van der Waals surface area contributed by atoms with Gasteiger partial charge in [-0.1, -0.05) is 0 Å². The zero-order valence-corrected chi connectivity index (χ0v) is 14.5. The molecule has 4 rings (SSSR count). The van der Waals surface area contributed by atoms with Crippen LogP contribution >= 0.6 is 0 Å². The molecule has 7 nitrogen and oxygen atoms in total. The van der Waals surface area contributed by atoms with Gasteiger partial charge in [-0.2, -0.15) is 4.98 Å². The molecule has 0 amide bonds. The molecule has 7 heteroatoms. The van der Waals surface area contributed by atoms with Crippen LogP contribution in [-0.2, 0) is 0 Å². The molecule has 2 saturated heterocycles. The largest absolute Gasteiger partial charge is 0.346 e. The fourth-order valence-electron chi connectivity index (χ4n) is 3.94. The average molecular weight is 329 g/mol. The first-order valence-electron chi connectivity index (χ1n) is 8.98. The molecule has 0 spiro atoms. The van der Waals surface area contributed by atoms with Crippen LogP contribution in [0.15, 0.2) is 6.20 Å². The standard InChI is InChI=1S/C17H27N7/c1-11-9-20-16-15(11)12(2)21-17(23-16)22-14-4-3-13(10-19-14)24-7-5-18-6-8-24/h9,13-14,18-19H,3-8,10H2,1-2H3,(H2,20,21,22,23). The van der Waals surface area contributed by atoms with Crippen LogP contribution in [0.2, 0.25) is 0 Å². The summed E-state index contributed by atoms with van der Waals surface area (Å²) < 4.78 is 0. The van der Waals surface area contributed by atoms with Crippen molar-refractivity contribution in [3.8, 4) is 0 Å². The molecule has 2 aliphatic rings. The third kappa shape index (κ3) is 3.11. The molecule has 2 aromatic heterocycles. The number of piperidine rings is 1.